The molecule has 1 atom stereocenters. The van der Waals surface area contributed by atoms with Crippen molar-refractivity contribution in [3.8, 4) is 0 Å². The van der Waals surface area contributed by atoms with E-state index in [2.05, 4.69) is 0 Å². The highest BCUT2D eigenvalue weighted by Gasteiger charge is 2.35. The molecule has 1 aliphatic heterocycles. The summed E-state index contributed by atoms with van der Waals surface area (Å²) in [6.07, 6.45) is 0.132. The average molecular weight is 333 g/mol. The Bertz CT molecular complexity index is 679. The van der Waals surface area contributed by atoms with Gasteiger partial charge in [0.05, 0.1) is 0 Å². The first-order valence-electron chi connectivity index (χ1n) is 7.79. The fourth-order valence-corrected chi connectivity index (χ4v) is 2.71. The number of fused-ring (bicyclic) bond motifs is 1. The number of hydrogen-bond acceptors (Lipinski definition) is 5. The Morgan fingerprint density at radius 1 is 1.33 bits per heavy atom. The number of benzene rings is 1. The van der Waals surface area contributed by atoms with Crippen molar-refractivity contribution in [1.29, 1.82) is 0 Å². The Morgan fingerprint density at radius 3 is 2.58 bits per heavy atom. The van der Waals surface area contributed by atoms with E-state index < -0.39 is 23.5 Å². The van der Waals surface area contributed by atoms with Gasteiger partial charge in [-0.3, -0.25) is 14.4 Å². The van der Waals surface area contributed by atoms with Crippen molar-refractivity contribution in [2.75, 3.05) is 5.73 Å². The predicted molar refractivity (Wildman–Crippen MR) is 88.8 cm³/mol. The van der Waals surface area contributed by atoms with Crippen LogP contribution in [0.2, 0.25) is 0 Å². The predicted octanol–water partition coefficient (Wildman–Crippen LogP) is 1.20. The van der Waals surface area contributed by atoms with Gasteiger partial charge in [0.2, 0.25) is 5.91 Å². The summed E-state index contributed by atoms with van der Waals surface area (Å²) >= 11 is 0. The number of rotatable bonds is 5. The second kappa shape index (κ2) is 6.51. The third kappa shape index (κ3) is 4.04. The molecule has 1 heterocycles. The van der Waals surface area contributed by atoms with Gasteiger partial charge in [-0.1, -0.05) is 0 Å². The maximum absolute atomic E-state index is 12.5. The fraction of sp³-hybridized carbons (Fsp3) is 0.471. The van der Waals surface area contributed by atoms with Gasteiger partial charge in [-0.05, 0) is 51.0 Å². The summed E-state index contributed by atoms with van der Waals surface area (Å²) in [5.41, 5.74) is 12.4. The molecule has 1 aromatic carbocycles. The van der Waals surface area contributed by atoms with Crippen LogP contribution in [0.3, 0.4) is 0 Å². The third-order valence-electron chi connectivity index (χ3n) is 3.71. The van der Waals surface area contributed by atoms with Crippen LogP contribution in [0.15, 0.2) is 18.2 Å². The molecule has 0 bridgehead atoms. The maximum Gasteiger partial charge on any atom is 0.306 e. The fourth-order valence-electron chi connectivity index (χ4n) is 2.71. The number of nitrogens with zero attached hydrogens (tertiary/aromatic N) is 1. The monoisotopic (exact) mass is 333 g/mol. The minimum atomic E-state index is -0.862. The maximum atomic E-state index is 12.5. The third-order valence-corrected chi connectivity index (χ3v) is 3.71. The molecule has 7 nitrogen and oxygen atoms in total. The van der Waals surface area contributed by atoms with E-state index in [-0.39, 0.29) is 25.3 Å². The van der Waals surface area contributed by atoms with Crippen LogP contribution in [-0.4, -0.2) is 34.3 Å². The topological polar surface area (TPSA) is 116 Å². The first-order chi connectivity index (χ1) is 11.1. The van der Waals surface area contributed by atoms with E-state index in [9.17, 15) is 14.4 Å². The molecule has 0 radical (unpaired) electrons. The Morgan fingerprint density at radius 2 is 2.00 bits per heavy atom. The number of carbonyl (C=O) groups is 3. The Labute approximate surface area is 140 Å². The minimum absolute atomic E-state index is 0.00708. The molecule has 130 valence electrons. The van der Waals surface area contributed by atoms with Gasteiger partial charge < -0.3 is 21.1 Å². The number of nitrogen functional groups attached to an aromatic ring is 1. The van der Waals surface area contributed by atoms with E-state index in [0.717, 1.165) is 5.56 Å². The number of anilines is 1. The Hall–Kier alpha value is -2.57. The number of ether oxygens (including phenoxy) is 1. The van der Waals surface area contributed by atoms with Crippen LogP contribution in [0.1, 0.15) is 49.5 Å². The van der Waals surface area contributed by atoms with Crippen LogP contribution in [0.4, 0.5) is 5.69 Å². The number of esters is 1. The van der Waals surface area contributed by atoms with Gasteiger partial charge in [0.1, 0.15) is 11.6 Å². The molecule has 4 N–H and O–H groups in total. The molecule has 0 spiro atoms. The molecular weight excluding hydrogens is 310 g/mol. The van der Waals surface area contributed by atoms with Crippen LogP contribution < -0.4 is 11.5 Å². The van der Waals surface area contributed by atoms with Crippen molar-refractivity contribution in [1.82, 2.24) is 4.90 Å². The normalized spacial score (nSPS) is 15.1. The number of primary amides is 1. The Kier molecular flexibility index (Phi) is 4.82. The summed E-state index contributed by atoms with van der Waals surface area (Å²) in [7, 11) is 0. The van der Waals surface area contributed by atoms with Crippen LogP contribution in [-0.2, 0) is 20.9 Å². The van der Waals surface area contributed by atoms with Crippen molar-refractivity contribution < 1.29 is 19.1 Å². The average Bonchev–Trinajstić information content (AvgIpc) is 2.73. The smallest absolute Gasteiger partial charge is 0.306 e. The van der Waals surface area contributed by atoms with Crippen LogP contribution >= 0.6 is 0 Å². The lowest BCUT2D eigenvalue weighted by atomic mass is 10.1. The highest BCUT2D eigenvalue weighted by atomic mass is 16.6. The molecule has 1 aliphatic rings. The van der Waals surface area contributed by atoms with Crippen LogP contribution in [0.5, 0.6) is 0 Å². The SMILES string of the molecule is CC(C)(C)OC(=O)CCC(C(N)=O)N1Cc2cc(N)ccc2C1=O. The standard InChI is InChI=1S/C17H23N3O4/c1-17(2,3)24-14(21)7-6-13(15(19)22)20-9-10-8-11(18)4-5-12(10)16(20)23/h4-5,8,13H,6-7,9,18H2,1-3H3,(H2,19,22). The van der Waals surface area contributed by atoms with Crippen molar-refractivity contribution in [3.05, 3.63) is 29.3 Å². The summed E-state index contributed by atoms with van der Waals surface area (Å²) in [6, 6.07) is 4.12. The highest BCUT2D eigenvalue weighted by Crippen LogP contribution is 2.27. The largest absolute Gasteiger partial charge is 0.460 e. The number of hydrogen-bond donors (Lipinski definition) is 2. The second-order valence-corrected chi connectivity index (χ2v) is 6.89. The summed E-state index contributed by atoms with van der Waals surface area (Å²) in [5, 5.41) is 0. The molecule has 0 aliphatic carbocycles. The van der Waals surface area contributed by atoms with Gasteiger partial charge in [-0.25, -0.2) is 0 Å². The zero-order valence-electron chi connectivity index (χ0n) is 14.2. The zero-order chi connectivity index (χ0) is 18.1. The molecule has 0 saturated carbocycles. The lowest BCUT2D eigenvalue weighted by molar-refractivity contribution is -0.155. The van der Waals surface area contributed by atoms with Crippen molar-refractivity contribution in [2.24, 2.45) is 5.73 Å². The second-order valence-electron chi connectivity index (χ2n) is 6.89. The molecule has 2 rings (SSSR count). The molecule has 7 heteroatoms. The summed E-state index contributed by atoms with van der Waals surface area (Å²) < 4.78 is 5.22. The van der Waals surface area contributed by atoms with Gasteiger partial charge in [-0.2, -0.15) is 0 Å². The molecule has 0 aromatic heterocycles. The Balaban J connectivity index is 2.08. The molecule has 0 fully saturated rings. The molecule has 2 amide bonds. The lowest BCUT2D eigenvalue weighted by Gasteiger charge is -2.25. The van der Waals surface area contributed by atoms with Gasteiger partial charge in [0.15, 0.2) is 0 Å². The van der Waals surface area contributed by atoms with Gasteiger partial charge in [-0.15, -0.1) is 0 Å². The van der Waals surface area contributed by atoms with Crippen molar-refractivity contribution >= 4 is 23.5 Å². The van der Waals surface area contributed by atoms with Gasteiger partial charge >= 0.3 is 5.97 Å². The number of amides is 2. The van der Waals surface area contributed by atoms with Crippen molar-refractivity contribution in [3.63, 3.8) is 0 Å². The summed E-state index contributed by atoms with van der Waals surface area (Å²) in [5.74, 6) is -1.35. The molecule has 0 saturated heterocycles. The van der Waals surface area contributed by atoms with E-state index in [1.807, 2.05) is 0 Å². The number of nitrogens with two attached hydrogens (primary N) is 2. The van der Waals surface area contributed by atoms with Crippen LogP contribution in [0.25, 0.3) is 0 Å². The first-order valence-corrected chi connectivity index (χ1v) is 7.79. The van der Waals surface area contributed by atoms with E-state index in [1.165, 1.54) is 4.90 Å². The van der Waals surface area contributed by atoms with E-state index >= 15 is 0 Å². The van der Waals surface area contributed by atoms with E-state index in [1.54, 1.807) is 39.0 Å². The summed E-state index contributed by atoms with van der Waals surface area (Å²) in [6.45, 7) is 5.55. The van der Waals surface area contributed by atoms with Crippen LogP contribution in [0, 0.1) is 0 Å². The number of carbonyl (C=O) groups excluding carboxylic acids is 3. The van der Waals surface area contributed by atoms with E-state index in [0.29, 0.717) is 11.3 Å². The molecule has 24 heavy (non-hydrogen) atoms. The molecule has 1 unspecified atom stereocenters. The first kappa shape index (κ1) is 17.8. The molecule has 1 aromatic rings. The quantitative estimate of drug-likeness (QED) is 0.620. The van der Waals surface area contributed by atoms with Gasteiger partial charge in [0.25, 0.3) is 5.91 Å². The van der Waals surface area contributed by atoms with Gasteiger partial charge in [0, 0.05) is 24.2 Å². The zero-order valence-corrected chi connectivity index (χ0v) is 14.2. The minimum Gasteiger partial charge on any atom is -0.460 e. The van der Waals surface area contributed by atoms with Crippen molar-refractivity contribution in [2.45, 2.75) is 51.8 Å². The summed E-state index contributed by atoms with van der Waals surface area (Å²) in [4.78, 5) is 37.5. The van der Waals surface area contributed by atoms with E-state index in [4.69, 9.17) is 16.2 Å². The molecular formula is C17H23N3O4. The lowest BCUT2D eigenvalue weighted by Crippen LogP contribution is -2.45. The highest BCUT2D eigenvalue weighted by molar-refractivity contribution is 6.01.